The van der Waals surface area contributed by atoms with Gasteiger partial charge in [-0.25, -0.2) is 0 Å². The molecule has 0 amide bonds. The van der Waals surface area contributed by atoms with Crippen LogP contribution in [-0.2, 0) is 6.54 Å². The van der Waals surface area contributed by atoms with Crippen LogP contribution in [0.4, 0.5) is 0 Å². The lowest BCUT2D eigenvalue weighted by Gasteiger charge is -2.36. The Hall–Kier alpha value is -0.520. The molecule has 6 heteroatoms. The van der Waals surface area contributed by atoms with E-state index in [1.807, 2.05) is 18.2 Å². The maximum absolute atomic E-state index is 9.12. The first-order valence-corrected chi connectivity index (χ1v) is 6.52. The van der Waals surface area contributed by atoms with Crippen LogP contribution in [-0.4, -0.2) is 49.4 Å². The molecule has 0 spiro atoms. The van der Waals surface area contributed by atoms with Crippen molar-refractivity contribution in [3.05, 3.63) is 29.8 Å². The van der Waals surface area contributed by atoms with Crippen LogP contribution in [0.1, 0.15) is 12.0 Å². The first kappa shape index (κ1) is 19.5. The number of benzene rings is 1. The standard InChI is InChI=1S/C14H22N2O2.2ClH/c1-18-14-5-3-2-4-12(14)11-16-8-7-15-10-13(16)6-9-17;;/h2-5,13,15,17H,6-11H2,1H3;2*1H. The van der Waals surface area contributed by atoms with Crippen molar-refractivity contribution in [3.63, 3.8) is 0 Å². The van der Waals surface area contributed by atoms with E-state index in [2.05, 4.69) is 16.3 Å². The molecular formula is C14H24Cl2N2O2. The molecule has 1 aliphatic heterocycles. The summed E-state index contributed by atoms with van der Waals surface area (Å²) >= 11 is 0. The first-order valence-electron chi connectivity index (χ1n) is 6.52. The maximum Gasteiger partial charge on any atom is 0.123 e. The van der Waals surface area contributed by atoms with Crippen LogP contribution >= 0.6 is 24.8 Å². The van der Waals surface area contributed by atoms with Crippen molar-refractivity contribution in [2.75, 3.05) is 33.4 Å². The second-order valence-corrected chi connectivity index (χ2v) is 4.65. The molecule has 1 saturated heterocycles. The Kier molecular flexibility index (Phi) is 9.98. The monoisotopic (exact) mass is 322 g/mol. The fraction of sp³-hybridized carbons (Fsp3) is 0.571. The summed E-state index contributed by atoms with van der Waals surface area (Å²) < 4.78 is 5.39. The highest BCUT2D eigenvalue weighted by Gasteiger charge is 2.22. The summed E-state index contributed by atoms with van der Waals surface area (Å²) in [6, 6.07) is 8.55. The minimum atomic E-state index is 0. The average Bonchev–Trinajstić information content (AvgIpc) is 2.42. The molecule has 1 aromatic rings. The van der Waals surface area contributed by atoms with Gasteiger partial charge >= 0.3 is 0 Å². The van der Waals surface area contributed by atoms with Gasteiger partial charge in [-0.15, -0.1) is 24.8 Å². The maximum atomic E-state index is 9.12. The molecule has 2 N–H and O–H groups in total. The highest BCUT2D eigenvalue weighted by atomic mass is 35.5. The number of piperazine rings is 1. The lowest BCUT2D eigenvalue weighted by Crippen LogP contribution is -2.51. The van der Waals surface area contributed by atoms with Gasteiger partial charge in [-0.3, -0.25) is 4.90 Å². The molecule has 0 bridgehead atoms. The fourth-order valence-electron chi connectivity index (χ4n) is 2.50. The summed E-state index contributed by atoms with van der Waals surface area (Å²) in [4.78, 5) is 2.42. The zero-order valence-corrected chi connectivity index (χ0v) is 13.4. The molecule has 1 atom stereocenters. The van der Waals surface area contributed by atoms with Gasteiger partial charge in [0, 0.05) is 44.4 Å². The Morgan fingerprint density at radius 3 is 2.80 bits per heavy atom. The molecule has 1 unspecified atom stereocenters. The zero-order chi connectivity index (χ0) is 12.8. The third-order valence-electron chi connectivity index (χ3n) is 3.50. The van der Waals surface area contributed by atoms with E-state index in [4.69, 9.17) is 9.84 Å². The van der Waals surface area contributed by atoms with Crippen molar-refractivity contribution >= 4 is 24.8 Å². The van der Waals surface area contributed by atoms with Gasteiger partial charge in [-0.2, -0.15) is 0 Å². The van der Waals surface area contributed by atoms with Gasteiger partial charge in [0.05, 0.1) is 7.11 Å². The topological polar surface area (TPSA) is 44.7 Å². The van der Waals surface area contributed by atoms with E-state index in [9.17, 15) is 0 Å². The molecule has 1 aliphatic rings. The zero-order valence-electron chi connectivity index (χ0n) is 11.7. The predicted octanol–water partition coefficient (Wildman–Crippen LogP) is 1.70. The molecule has 0 radical (unpaired) electrons. The molecule has 1 fully saturated rings. The first-order chi connectivity index (χ1) is 8.85. The summed E-state index contributed by atoms with van der Waals surface area (Å²) in [7, 11) is 1.71. The van der Waals surface area contributed by atoms with Crippen LogP contribution in [0.5, 0.6) is 5.75 Å². The van der Waals surface area contributed by atoms with E-state index in [0.717, 1.165) is 38.3 Å². The number of hydrogen-bond donors (Lipinski definition) is 2. The van der Waals surface area contributed by atoms with Crippen LogP contribution in [0.15, 0.2) is 24.3 Å². The molecular weight excluding hydrogens is 299 g/mol. The van der Waals surface area contributed by atoms with E-state index in [1.165, 1.54) is 5.56 Å². The highest BCUT2D eigenvalue weighted by Crippen LogP contribution is 2.21. The molecule has 0 aliphatic carbocycles. The molecule has 4 nitrogen and oxygen atoms in total. The number of ether oxygens (including phenoxy) is 1. The van der Waals surface area contributed by atoms with Gasteiger partial charge in [-0.05, 0) is 12.5 Å². The third-order valence-corrected chi connectivity index (χ3v) is 3.50. The summed E-state index contributed by atoms with van der Waals surface area (Å²) in [5, 5.41) is 12.5. The van der Waals surface area contributed by atoms with E-state index in [1.54, 1.807) is 7.11 Å². The van der Waals surface area contributed by atoms with Crippen molar-refractivity contribution in [2.24, 2.45) is 0 Å². The lowest BCUT2D eigenvalue weighted by atomic mass is 10.1. The van der Waals surface area contributed by atoms with Crippen molar-refractivity contribution in [1.82, 2.24) is 10.2 Å². The summed E-state index contributed by atoms with van der Waals surface area (Å²) in [5.41, 5.74) is 1.21. The lowest BCUT2D eigenvalue weighted by molar-refractivity contribution is 0.122. The third kappa shape index (κ3) is 5.11. The normalized spacial score (nSPS) is 18.8. The summed E-state index contributed by atoms with van der Waals surface area (Å²) in [5.74, 6) is 0.943. The number of hydrogen-bond acceptors (Lipinski definition) is 4. The average molecular weight is 323 g/mol. The van der Waals surface area contributed by atoms with Gasteiger partial charge in [0.15, 0.2) is 0 Å². The number of nitrogens with one attached hydrogen (secondary N) is 1. The molecule has 0 aromatic heterocycles. The van der Waals surface area contributed by atoms with Crippen LogP contribution in [0, 0.1) is 0 Å². The van der Waals surface area contributed by atoms with Gasteiger partial charge in [-0.1, -0.05) is 18.2 Å². The number of aliphatic hydroxyl groups is 1. The minimum absolute atomic E-state index is 0. The number of para-hydroxylation sites is 1. The second-order valence-electron chi connectivity index (χ2n) is 4.65. The van der Waals surface area contributed by atoms with Gasteiger partial charge < -0.3 is 15.2 Å². The van der Waals surface area contributed by atoms with Crippen LogP contribution < -0.4 is 10.1 Å². The molecule has 1 aromatic carbocycles. The smallest absolute Gasteiger partial charge is 0.123 e. The SMILES string of the molecule is COc1ccccc1CN1CCNCC1CCO.Cl.Cl. The van der Waals surface area contributed by atoms with Crippen molar-refractivity contribution in [1.29, 1.82) is 0 Å². The van der Waals surface area contributed by atoms with Gasteiger partial charge in [0.2, 0.25) is 0 Å². The summed E-state index contributed by atoms with van der Waals surface area (Å²) in [6.45, 7) is 4.11. The van der Waals surface area contributed by atoms with Crippen molar-refractivity contribution < 1.29 is 9.84 Å². The number of methoxy groups -OCH3 is 1. The molecule has 2 rings (SSSR count). The Morgan fingerprint density at radius 2 is 2.10 bits per heavy atom. The number of nitrogens with zero attached hydrogens (tertiary/aromatic N) is 1. The van der Waals surface area contributed by atoms with Crippen molar-refractivity contribution in [2.45, 2.75) is 19.0 Å². The Balaban J connectivity index is 0.00000180. The van der Waals surface area contributed by atoms with Crippen LogP contribution in [0.25, 0.3) is 0 Å². The van der Waals surface area contributed by atoms with Crippen LogP contribution in [0.2, 0.25) is 0 Å². The van der Waals surface area contributed by atoms with E-state index in [-0.39, 0.29) is 31.4 Å². The van der Waals surface area contributed by atoms with Crippen LogP contribution in [0.3, 0.4) is 0 Å². The minimum Gasteiger partial charge on any atom is -0.496 e. The van der Waals surface area contributed by atoms with Gasteiger partial charge in [0.1, 0.15) is 5.75 Å². The summed E-state index contributed by atoms with van der Waals surface area (Å²) in [6.07, 6.45) is 0.822. The Morgan fingerprint density at radius 1 is 1.35 bits per heavy atom. The Labute approximate surface area is 133 Å². The van der Waals surface area contributed by atoms with E-state index >= 15 is 0 Å². The molecule has 1 heterocycles. The van der Waals surface area contributed by atoms with Gasteiger partial charge in [0.25, 0.3) is 0 Å². The quantitative estimate of drug-likeness (QED) is 0.866. The molecule has 116 valence electrons. The van der Waals surface area contributed by atoms with Crippen molar-refractivity contribution in [3.8, 4) is 5.75 Å². The largest absolute Gasteiger partial charge is 0.496 e. The van der Waals surface area contributed by atoms with E-state index in [0.29, 0.717) is 6.04 Å². The highest BCUT2D eigenvalue weighted by molar-refractivity contribution is 5.85. The number of aliphatic hydroxyl groups excluding tert-OH is 1. The Bertz CT molecular complexity index is 378. The molecule has 0 saturated carbocycles. The molecule has 20 heavy (non-hydrogen) atoms. The fourth-order valence-corrected chi connectivity index (χ4v) is 2.50. The number of halogens is 2. The van der Waals surface area contributed by atoms with E-state index < -0.39 is 0 Å². The number of rotatable bonds is 5. The predicted molar refractivity (Wildman–Crippen MR) is 86.3 cm³/mol. The second kappa shape index (κ2) is 10.2.